The van der Waals surface area contributed by atoms with Crippen molar-refractivity contribution in [2.75, 3.05) is 6.54 Å². The number of nitrogens with zero attached hydrogens (tertiary/aromatic N) is 1. The van der Waals surface area contributed by atoms with E-state index in [1.165, 1.54) is 11.7 Å². The summed E-state index contributed by atoms with van der Waals surface area (Å²) in [5, 5.41) is 16.1. The molecular weight excluding hydrogens is 904 g/mol. The molecule has 6 aromatic carbocycles. The Hall–Kier alpha value is -7.53. The molecule has 0 bridgehead atoms. The van der Waals surface area contributed by atoms with E-state index < -0.39 is 37.9 Å². The second-order valence-corrected chi connectivity index (χ2v) is 17.0. The van der Waals surface area contributed by atoms with Gasteiger partial charge in [0.2, 0.25) is 11.9 Å². The standard InChI is InChI=1S/C51H54N6O11P/c52-50(56-57-61)53-30-16-27-44(49(59)64-34-39-19-8-2-9-20-39)54-48(58)45(55-51(60)65-35-40-21-10-3-11-22-40)31-43-28-29-46(47(32-43)63-33-38-17-6-1-7-18-38)68-69(62,66-36-41-23-12-4-13-24-41)67-37-42-25-14-5-15-26-42/h1-15,17-26,28-29,32,44-45,57H,16,27,30-31,33-37H2,(H,54,58)(H,55,60)(H3,52,53,56)/q-1/t44-,45-/m0/s1. The van der Waals surface area contributed by atoms with Crippen molar-refractivity contribution in [3.05, 3.63) is 208 Å². The van der Waals surface area contributed by atoms with Crippen molar-refractivity contribution in [3.8, 4) is 11.5 Å². The summed E-state index contributed by atoms with van der Waals surface area (Å²) in [7, 11) is -4.37. The number of hydrazine groups is 1. The van der Waals surface area contributed by atoms with Crippen LogP contribution in [0, 0.1) is 5.21 Å². The molecule has 0 fully saturated rings. The van der Waals surface area contributed by atoms with Crippen LogP contribution in [-0.2, 0) is 72.1 Å². The number of esters is 1. The minimum atomic E-state index is -4.37. The Balaban J connectivity index is 1.28. The molecule has 6 N–H and O–H groups in total. The summed E-state index contributed by atoms with van der Waals surface area (Å²) >= 11 is 0. The number of rotatable bonds is 26. The number of phosphoric ester groups is 1. The number of amides is 2. The van der Waals surface area contributed by atoms with Crippen LogP contribution in [0.4, 0.5) is 4.79 Å². The van der Waals surface area contributed by atoms with E-state index in [1.54, 1.807) is 60.7 Å². The van der Waals surface area contributed by atoms with Gasteiger partial charge in [0.1, 0.15) is 31.9 Å². The SMILES string of the molecule is NC(=NCCC[C@H](NC(=O)[C@H](Cc1ccc(OP(=O)(OCc2ccccc2)OCc2ccccc2)c(OCc2ccccc2)c1)NC(=O)OCc1ccccc1)C(=O)OCc1ccccc1)NN[O-]. The van der Waals surface area contributed by atoms with Crippen molar-refractivity contribution in [2.24, 2.45) is 10.7 Å². The second-order valence-electron chi connectivity index (χ2n) is 15.4. The van der Waals surface area contributed by atoms with Gasteiger partial charge in [-0.15, -0.1) is 0 Å². The van der Waals surface area contributed by atoms with Gasteiger partial charge >= 0.3 is 19.9 Å². The summed E-state index contributed by atoms with van der Waals surface area (Å²) in [6, 6.07) is 47.8. The van der Waals surface area contributed by atoms with Crippen LogP contribution in [0.3, 0.4) is 0 Å². The molecule has 0 spiro atoms. The van der Waals surface area contributed by atoms with Crippen molar-refractivity contribution in [2.45, 2.75) is 64.4 Å². The molecule has 2 amide bonds. The Morgan fingerprint density at radius 3 is 1.59 bits per heavy atom. The maximum absolute atomic E-state index is 14.5. The quantitative estimate of drug-likeness (QED) is 0.00868. The first-order chi connectivity index (χ1) is 33.6. The van der Waals surface area contributed by atoms with Crippen LogP contribution in [0.25, 0.3) is 0 Å². The lowest BCUT2D eigenvalue weighted by atomic mass is 10.0. The number of carbonyl (C=O) groups excluding carboxylic acids is 3. The Labute approximate surface area is 400 Å². The number of hydrogen-bond donors (Lipinski definition) is 5. The summed E-state index contributed by atoms with van der Waals surface area (Å²) in [6.07, 6.45) is -0.768. The smallest absolute Gasteiger partial charge is 0.530 e. The van der Waals surface area contributed by atoms with Gasteiger partial charge < -0.3 is 51.3 Å². The Morgan fingerprint density at radius 2 is 1.07 bits per heavy atom. The maximum atomic E-state index is 14.5. The Kier molecular flexibility index (Phi) is 20.1. The van der Waals surface area contributed by atoms with Crippen LogP contribution >= 0.6 is 7.82 Å². The summed E-state index contributed by atoms with van der Waals surface area (Å²) in [5.74, 6) is -1.51. The molecular formula is C51H54N6O11P-. The molecule has 0 aliphatic carbocycles. The van der Waals surface area contributed by atoms with Crippen LogP contribution in [0.2, 0.25) is 0 Å². The van der Waals surface area contributed by atoms with Crippen molar-refractivity contribution >= 4 is 31.8 Å². The maximum Gasteiger partial charge on any atom is 0.530 e. The third kappa shape index (κ3) is 17.9. The van der Waals surface area contributed by atoms with Crippen molar-refractivity contribution in [1.82, 2.24) is 21.6 Å². The summed E-state index contributed by atoms with van der Waals surface area (Å²) in [4.78, 5) is 45.5. The second kappa shape index (κ2) is 27.3. The number of hydrogen-bond acceptors (Lipinski definition) is 13. The van der Waals surface area contributed by atoms with E-state index in [-0.39, 0.29) is 76.3 Å². The molecule has 0 aliphatic rings. The Bertz CT molecular complexity index is 2530. The summed E-state index contributed by atoms with van der Waals surface area (Å²) in [6.45, 7) is -0.170. The predicted octanol–water partition coefficient (Wildman–Crippen LogP) is 7.94. The number of nitrogens with two attached hydrogens (primary N) is 1. The van der Waals surface area contributed by atoms with Gasteiger partial charge in [-0.3, -0.25) is 18.8 Å². The van der Waals surface area contributed by atoms with Crippen LogP contribution in [0.15, 0.2) is 175 Å². The zero-order valence-electron chi connectivity index (χ0n) is 37.6. The van der Waals surface area contributed by atoms with Gasteiger partial charge in [-0.05, 0) is 58.4 Å². The fourth-order valence-electron chi connectivity index (χ4n) is 6.56. The first-order valence-corrected chi connectivity index (χ1v) is 23.5. The molecule has 0 saturated carbocycles. The molecule has 0 aromatic heterocycles. The largest absolute Gasteiger partial charge is 0.770 e. The number of benzene rings is 6. The van der Waals surface area contributed by atoms with Crippen molar-refractivity contribution < 1.29 is 46.7 Å². The normalized spacial score (nSPS) is 12.2. The molecule has 18 heteroatoms. The van der Waals surface area contributed by atoms with E-state index in [4.69, 9.17) is 33.5 Å². The van der Waals surface area contributed by atoms with Crippen LogP contribution in [0.5, 0.6) is 11.5 Å². The molecule has 6 rings (SSSR count). The fourth-order valence-corrected chi connectivity index (χ4v) is 7.74. The molecule has 69 heavy (non-hydrogen) atoms. The number of alkyl carbamates (subject to hydrolysis) is 1. The van der Waals surface area contributed by atoms with Gasteiger partial charge in [0.15, 0.2) is 11.5 Å². The highest BCUT2D eigenvalue weighted by Gasteiger charge is 2.32. The lowest BCUT2D eigenvalue weighted by Gasteiger charge is -2.24. The van der Waals surface area contributed by atoms with E-state index in [9.17, 15) is 24.2 Å². The van der Waals surface area contributed by atoms with Gasteiger partial charge in [-0.1, -0.05) is 158 Å². The minimum Gasteiger partial charge on any atom is -0.770 e. The van der Waals surface area contributed by atoms with E-state index in [1.807, 2.05) is 103 Å². The molecule has 360 valence electrons. The molecule has 6 aromatic rings. The van der Waals surface area contributed by atoms with Gasteiger partial charge in [0.05, 0.1) is 13.2 Å². The molecule has 17 nitrogen and oxygen atoms in total. The molecule has 0 heterocycles. The average Bonchev–Trinajstić information content (AvgIpc) is 3.38. The number of guanidine groups is 1. The lowest BCUT2D eigenvalue weighted by molar-refractivity contribution is -0.149. The summed E-state index contributed by atoms with van der Waals surface area (Å²) < 4.78 is 50.0. The van der Waals surface area contributed by atoms with E-state index >= 15 is 0 Å². The highest BCUT2D eigenvalue weighted by Crippen LogP contribution is 2.53. The minimum absolute atomic E-state index is 0.0149. The number of phosphoric acid groups is 1. The number of nitrogens with one attached hydrogen (secondary N) is 4. The van der Waals surface area contributed by atoms with E-state index in [0.717, 1.165) is 22.3 Å². The zero-order valence-corrected chi connectivity index (χ0v) is 38.5. The molecule has 0 radical (unpaired) electrons. The van der Waals surface area contributed by atoms with Gasteiger partial charge in [0, 0.05) is 13.0 Å². The topological polar surface area (TPSA) is 233 Å². The first kappa shape index (κ1) is 50.9. The molecule has 0 unspecified atom stereocenters. The van der Waals surface area contributed by atoms with Crippen LogP contribution in [-0.4, -0.2) is 42.6 Å². The van der Waals surface area contributed by atoms with Gasteiger partial charge in [0.25, 0.3) is 0 Å². The third-order valence-electron chi connectivity index (χ3n) is 10.1. The summed E-state index contributed by atoms with van der Waals surface area (Å²) in [5.41, 5.74) is 13.4. The van der Waals surface area contributed by atoms with Crippen molar-refractivity contribution in [1.29, 1.82) is 0 Å². The monoisotopic (exact) mass is 957 g/mol. The van der Waals surface area contributed by atoms with Crippen LogP contribution in [0.1, 0.15) is 46.2 Å². The average molecular weight is 958 g/mol. The molecule has 0 aliphatic heterocycles. The number of carbonyl (C=O) groups is 3. The van der Waals surface area contributed by atoms with Crippen LogP contribution < -0.4 is 36.6 Å². The van der Waals surface area contributed by atoms with Gasteiger partial charge in [-0.2, -0.15) is 0 Å². The third-order valence-corrected chi connectivity index (χ3v) is 11.4. The van der Waals surface area contributed by atoms with Gasteiger partial charge in [-0.25, -0.2) is 14.2 Å². The zero-order chi connectivity index (χ0) is 48.5. The first-order valence-electron chi connectivity index (χ1n) is 22.0. The molecule has 2 atom stereocenters. The Morgan fingerprint density at radius 1 is 0.580 bits per heavy atom. The number of aliphatic imine (C=N–C) groups is 1. The number of ether oxygens (including phenoxy) is 3. The predicted molar refractivity (Wildman–Crippen MR) is 259 cm³/mol. The van der Waals surface area contributed by atoms with Crippen molar-refractivity contribution in [3.63, 3.8) is 0 Å². The van der Waals surface area contributed by atoms with E-state index in [0.29, 0.717) is 11.1 Å². The molecule has 0 saturated heterocycles. The highest BCUT2D eigenvalue weighted by atomic mass is 31.2. The fraction of sp³-hybridized carbons (Fsp3) is 0.216. The highest BCUT2D eigenvalue weighted by molar-refractivity contribution is 7.48. The van der Waals surface area contributed by atoms with E-state index in [2.05, 4.69) is 21.1 Å². The lowest BCUT2D eigenvalue weighted by Crippen LogP contribution is -2.52.